The average Bonchev–Trinajstić information content (AvgIpc) is 3.40. The predicted octanol–water partition coefficient (Wildman–Crippen LogP) is 5.40. The van der Waals surface area contributed by atoms with Gasteiger partial charge in [-0.05, 0) is 60.7 Å². The van der Waals surface area contributed by atoms with Gasteiger partial charge in [0.05, 0.1) is 16.9 Å². The van der Waals surface area contributed by atoms with Crippen LogP contribution in [0.4, 0.5) is 5.69 Å². The second-order valence-corrected chi connectivity index (χ2v) is 8.57. The fraction of sp³-hybridized carbons (Fsp3) is 0.0667. The lowest BCUT2D eigenvalue weighted by atomic mass is 10.0. The highest BCUT2D eigenvalue weighted by molar-refractivity contribution is 6.12. The monoisotopic (exact) mass is 499 g/mol. The topological polar surface area (TPSA) is 102 Å². The zero-order chi connectivity index (χ0) is 25.9. The number of anilines is 1. The standard InChI is InChI=1S/C30H21N5O3/c31-18-21(30(36)33-26-10-4-9-25-24(26)8-5-13-32-25)16-22-19-35(23-6-2-1-3-7-23)34-29(22)20-11-12-27-28(17-20)38-15-14-37-27/h1-13,16-17,19H,14-15H2,(H,33,36). The number of nitrogens with zero attached hydrogens (tertiary/aromatic N) is 4. The highest BCUT2D eigenvalue weighted by Gasteiger charge is 2.19. The lowest BCUT2D eigenvalue weighted by molar-refractivity contribution is -0.112. The molecule has 0 atom stereocenters. The molecule has 2 aromatic heterocycles. The van der Waals surface area contributed by atoms with Crippen LogP contribution in [0, 0.1) is 11.3 Å². The van der Waals surface area contributed by atoms with Crippen LogP contribution in [0.15, 0.2) is 96.8 Å². The minimum absolute atomic E-state index is 0.0581. The van der Waals surface area contributed by atoms with Crippen LogP contribution < -0.4 is 14.8 Å². The summed E-state index contributed by atoms with van der Waals surface area (Å²) >= 11 is 0. The van der Waals surface area contributed by atoms with Crippen molar-refractivity contribution in [1.82, 2.24) is 14.8 Å². The van der Waals surface area contributed by atoms with Gasteiger partial charge in [-0.2, -0.15) is 10.4 Å². The molecule has 38 heavy (non-hydrogen) atoms. The maximum Gasteiger partial charge on any atom is 0.266 e. The largest absolute Gasteiger partial charge is 0.486 e. The van der Waals surface area contributed by atoms with Crippen molar-refractivity contribution >= 4 is 28.6 Å². The lowest BCUT2D eigenvalue weighted by Crippen LogP contribution is -2.15. The van der Waals surface area contributed by atoms with Gasteiger partial charge >= 0.3 is 0 Å². The quantitative estimate of drug-likeness (QED) is 0.256. The van der Waals surface area contributed by atoms with Gasteiger partial charge < -0.3 is 14.8 Å². The molecule has 8 nitrogen and oxygen atoms in total. The van der Waals surface area contributed by atoms with E-state index in [4.69, 9.17) is 14.6 Å². The van der Waals surface area contributed by atoms with E-state index in [0.717, 1.165) is 22.2 Å². The van der Waals surface area contributed by atoms with Crippen LogP contribution in [0.25, 0.3) is 33.9 Å². The van der Waals surface area contributed by atoms with Crippen molar-refractivity contribution in [3.8, 4) is 34.5 Å². The fourth-order valence-electron chi connectivity index (χ4n) is 4.33. The number of nitrogens with one attached hydrogen (secondary N) is 1. The van der Waals surface area contributed by atoms with Crippen LogP contribution in [-0.4, -0.2) is 33.9 Å². The van der Waals surface area contributed by atoms with Gasteiger partial charge in [0.2, 0.25) is 0 Å². The highest BCUT2D eigenvalue weighted by atomic mass is 16.6. The van der Waals surface area contributed by atoms with Crippen LogP contribution in [-0.2, 0) is 4.79 Å². The Morgan fingerprint density at radius 2 is 1.82 bits per heavy atom. The number of carbonyl (C=O) groups excluding carboxylic acids is 1. The minimum Gasteiger partial charge on any atom is -0.486 e. The molecule has 0 saturated carbocycles. The summed E-state index contributed by atoms with van der Waals surface area (Å²) < 4.78 is 13.1. The zero-order valence-electron chi connectivity index (χ0n) is 20.2. The molecule has 0 fully saturated rings. The number of amides is 1. The predicted molar refractivity (Wildman–Crippen MR) is 144 cm³/mol. The van der Waals surface area contributed by atoms with Gasteiger partial charge in [-0.1, -0.05) is 24.3 Å². The summed E-state index contributed by atoms with van der Waals surface area (Å²) in [6.07, 6.45) is 5.05. The Kier molecular flexibility index (Phi) is 6.00. The van der Waals surface area contributed by atoms with Crippen molar-refractivity contribution in [2.45, 2.75) is 0 Å². The summed E-state index contributed by atoms with van der Waals surface area (Å²) in [6.45, 7) is 0.959. The maximum atomic E-state index is 13.2. The number of carbonyl (C=O) groups is 1. The normalized spacial score (nSPS) is 12.7. The number of fused-ring (bicyclic) bond motifs is 2. The van der Waals surface area contributed by atoms with Gasteiger partial charge in [0, 0.05) is 28.9 Å². The molecule has 0 radical (unpaired) electrons. The van der Waals surface area contributed by atoms with Crippen molar-refractivity contribution in [1.29, 1.82) is 5.26 Å². The van der Waals surface area contributed by atoms with E-state index in [0.29, 0.717) is 41.7 Å². The molecular weight excluding hydrogens is 478 g/mol. The molecule has 0 bridgehead atoms. The summed E-state index contributed by atoms with van der Waals surface area (Å²) in [5.41, 5.74) is 4.09. The third-order valence-electron chi connectivity index (χ3n) is 6.14. The summed E-state index contributed by atoms with van der Waals surface area (Å²) in [7, 11) is 0. The zero-order valence-corrected chi connectivity index (χ0v) is 20.2. The molecule has 1 N–H and O–H groups in total. The molecule has 1 amide bonds. The molecule has 3 heterocycles. The average molecular weight is 500 g/mol. The summed E-state index contributed by atoms with van der Waals surface area (Å²) in [6, 6.07) is 26.4. The second kappa shape index (κ2) is 9.91. The Morgan fingerprint density at radius 3 is 2.66 bits per heavy atom. The minimum atomic E-state index is -0.524. The summed E-state index contributed by atoms with van der Waals surface area (Å²) in [5, 5.41) is 18.4. The highest BCUT2D eigenvalue weighted by Crippen LogP contribution is 2.36. The first-order chi connectivity index (χ1) is 18.7. The smallest absolute Gasteiger partial charge is 0.266 e. The molecule has 184 valence electrons. The van der Waals surface area contributed by atoms with E-state index >= 15 is 0 Å². The Balaban J connectivity index is 1.41. The fourth-order valence-corrected chi connectivity index (χ4v) is 4.33. The van der Waals surface area contributed by atoms with Crippen LogP contribution in [0.5, 0.6) is 11.5 Å². The van der Waals surface area contributed by atoms with Crippen LogP contribution in [0.1, 0.15) is 5.56 Å². The number of nitriles is 1. The summed E-state index contributed by atoms with van der Waals surface area (Å²) in [4.78, 5) is 17.5. The van der Waals surface area contributed by atoms with Crippen molar-refractivity contribution in [3.63, 3.8) is 0 Å². The number of pyridine rings is 1. The van der Waals surface area contributed by atoms with Crippen molar-refractivity contribution in [2.24, 2.45) is 0 Å². The molecule has 0 aliphatic carbocycles. The SMILES string of the molecule is N#CC(=Cc1cn(-c2ccccc2)nc1-c1ccc2c(c1)OCCO2)C(=O)Nc1cccc2ncccc12. The van der Waals surface area contributed by atoms with E-state index in [1.165, 1.54) is 0 Å². The Hall–Kier alpha value is -5.42. The van der Waals surface area contributed by atoms with E-state index in [1.54, 1.807) is 35.3 Å². The first-order valence-electron chi connectivity index (χ1n) is 12.0. The van der Waals surface area contributed by atoms with Crippen molar-refractivity contribution < 1.29 is 14.3 Å². The van der Waals surface area contributed by atoms with Gasteiger partial charge in [-0.15, -0.1) is 0 Å². The second-order valence-electron chi connectivity index (χ2n) is 8.57. The molecule has 1 aliphatic heterocycles. The Bertz CT molecular complexity index is 1730. The number of aromatic nitrogens is 3. The van der Waals surface area contributed by atoms with Crippen LogP contribution in [0.2, 0.25) is 0 Å². The van der Waals surface area contributed by atoms with E-state index in [1.807, 2.05) is 72.8 Å². The third kappa shape index (κ3) is 4.45. The molecule has 8 heteroatoms. The van der Waals surface area contributed by atoms with E-state index < -0.39 is 5.91 Å². The van der Waals surface area contributed by atoms with Crippen molar-refractivity contribution in [3.05, 3.63) is 102 Å². The first kappa shape index (κ1) is 23.0. The third-order valence-corrected chi connectivity index (χ3v) is 6.14. The number of para-hydroxylation sites is 1. The number of rotatable bonds is 5. The summed E-state index contributed by atoms with van der Waals surface area (Å²) in [5.74, 6) is 0.770. The molecule has 0 unspecified atom stereocenters. The van der Waals surface area contributed by atoms with Gasteiger partial charge in [0.1, 0.15) is 30.6 Å². The maximum absolute atomic E-state index is 13.2. The van der Waals surface area contributed by atoms with Gasteiger partial charge in [0.25, 0.3) is 5.91 Å². The Morgan fingerprint density at radius 1 is 0.974 bits per heavy atom. The molecule has 5 aromatic rings. The number of hydrogen-bond donors (Lipinski definition) is 1. The Labute approximate surface area is 218 Å². The van der Waals surface area contributed by atoms with Gasteiger partial charge in [-0.25, -0.2) is 4.68 Å². The number of benzene rings is 3. The van der Waals surface area contributed by atoms with Crippen LogP contribution >= 0.6 is 0 Å². The lowest BCUT2D eigenvalue weighted by Gasteiger charge is -2.18. The van der Waals surface area contributed by atoms with E-state index in [9.17, 15) is 10.1 Å². The molecule has 1 aliphatic rings. The molecule has 3 aromatic carbocycles. The van der Waals surface area contributed by atoms with Gasteiger partial charge in [0.15, 0.2) is 11.5 Å². The molecule has 0 saturated heterocycles. The van der Waals surface area contributed by atoms with E-state index in [2.05, 4.69) is 10.3 Å². The number of hydrogen-bond acceptors (Lipinski definition) is 6. The van der Waals surface area contributed by atoms with Crippen molar-refractivity contribution in [2.75, 3.05) is 18.5 Å². The molecule has 0 spiro atoms. The molecular formula is C30H21N5O3. The van der Waals surface area contributed by atoms with E-state index in [-0.39, 0.29) is 5.57 Å². The molecule has 6 rings (SSSR count). The van der Waals surface area contributed by atoms with Crippen LogP contribution in [0.3, 0.4) is 0 Å². The number of ether oxygens (including phenoxy) is 2. The van der Waals surface area contributed by atoms with Gasteiger partial charge in [-0.3, -0.25) is 9.78 Å². The first-order valence-corrected chi connectivity index (χ1v) is 12.0.